The normalized spacial score (nSPS) is 17.6. The van der Waals surface area contributed by atoms with Crippen LogP contribution in [0, 0.1) is 0 Å². The van der Waals surface area contributed by atoms with E-state index in [0.29, 0.717) is 17.2 Å². The predicted octanol–water partition coefficient (Wildman–Crippen LogP) is 5.15. The number of benzene rings is 2. The second-order valence-corrected chi connectivity index (χ2v) is 6.52. The Morgan fingerprint density at radius 2 is 1.67 bits per heavy atom. The van der Waals surface area contributed by atoms with Gasteiger partial charge >= 0.3 is 0 Å². The molecule has 2 aromatic carbocycles. The van der Waals surface area contributed by atoms with Gasteiger partial charge in [0.05, 0.1) is 0 Å². The van der Waals surface area contributed by atoms with Gasteiger partial charge in [0.1, 0.15) is 5.75 Å². The number of nitrogens with one attached hydrogen (secondary N) is 1. The van der Waals surface area contributed by atoms with E-state index in [-0.39, 0.29) is 17.8 Å². The van der Waals surface area contributed by atoms with Crippen LogP contribution >= 0.6 is 24.0 Å². The minimum atomic E-state index is -1.33. The lowest BCUT2D eigenvalue weighted by Crippen LogP contribution is -2.42. The van der Waals surface area contributed by atoms with Crippen molar-refractivity contribution in [2.24, 2.45) is 0 Å². The maximum absolute atomic E-state index is 14.6. The highest BCUT2D eigenvalue weighted by atomic mass is 35.5. The molecule has 1 heterocycles. The fraction of sp³-hybridized carbons (Fsp3) is 0.368. The minimum Gasteiger partial charge on any atom is -0.460 e. The third-order valence-electron chi connectivity index (χ3n) is 4.58. The van der Waals surface area contributed by atoms with Crippen LogP contribution in [0.3, 0.4) is 0 Å². The molecule has 2 nitrogen and oxygen atoms in total. The van der Waals surface area contributed by atoms with Crippen LogP contribution < -0.4 is 10.1 Å². The van der Waals surface area contributed by atoms with Crippen molar-refractivity contribution in [3.63, 3.8) is 0 Å². The zero-order chi connectivity index (χ0) is 16.1. The van der Waals surface area contributed by atoms with Crippen molar-refractivity contribution in [3.05, 3.63) is 65.2 Å². The van der Waals surface area contributed by atoms with Crippen molar-refractivity contribution in [2.75, 3.05) is 13.1 Å². The Balaban J connectivity index is 0.00000208. The third kappa shape index (κ3) is 4.62. The van der Waals surface area contributed by atoms with Gasteiger partial charge in [0, 0.05) is 16.9 Å². The number of alkyl halides is 1. The Kier molecular flexibility index (Phi) is 6.90. The van der Waals surface area contributed by atoms with Crippen LogP contribution in [0.4, 0.5) is 4.39 Å². The van der Waals surface area contributed by atoms with Gasteiger partial charge in [-0.15, -0.1) is 12.4 Å². The molecule has 0 saturated carbocycles. The molecule has 24 heavy (non-hydrogen) atoms. The first-order valence-corrected chi connectivity index (χ1v) is 8.38. The molecule has 1 aliphatic rings. The first-order valence-electron chi connectivity index (χ1n) is 8.01. The molecule has 0 bridgehead atoms. The molecule has 1 saturated heterocycles. The summed E-state index contributed by atoms with van der Waals surface area (Å²) in [7, 11) is 0. The highest BCUT2D eigenvalue weighted by molar-refractivity contribution is 6.30. The Bertz CT molecular complexity index is 615. The predicted molar refractivity (Wildman–Crippen MR) is 99.1 cm³/mol. The highest BCUT2D eigenvalue weighted by Gasteiger charge is 2.37. The molecule has 1 N–H and O–H groups in total. The van der Waals surface area contributed by atoms with Gasteiger partial charge in [-0.05, 0) is 55.8 Å². The maximum atomic E-state index is 14.6. The van der Waals surface area contributed by atoms with E-state index < -0.39 is 6.36 Å². The van der Waals surface area contributed by atoms with Crippen molar-refractivity contribution in [1.82, 2.24) is 5.32 Å². The Hall–Kier alpha value is -1.29. The van der Waals surface area contributed by atoms with Crippen molar-refractivity contribution in [1.29, 1.82) is 0 Å². The average Bonchev–Trinajstić information content (AvgIpc) is 2.57. The van der Waals surface area contributed by atoms with Gasteiger partial charge in [-0.25, -0.2) is 4.39 Å². The van der Waals surface area contributed by atoms with E-state index in [0.717, 1.165) is 31.5 Å². The molecule has 1 aliphatic heterocycles. The van der Waals surface area contributed by atoms with Crippen molar-refractivity contribution in [3.8, 4) is 5.75 Å². The molecule has 0 aliphatic carbocycles. The molecule has 1 unspecified atom stereocenters. The average molecular weight is 370 g/mol. The lowest BCUT2D eigenvalue weighted by Gasteiger charge is -2.39. The second-order valence-electron chi connectivity index (χ2n) is 6.08. The highest BCUT2D eigenvalue weighted by Crippen LogP contribution is 2.39. The van der Waals surface area contributed by atoms with Crippen LogP contribution in [0.2, 0.25) is 5.02 Å². The van der Waals surface area contributed by atoms with E-state index in [1.807, 2.05) is 42.5 Å². The number of hydrogen-bond acceptors (Lipinski definition) is 2. The minimum absolute atomic E-state index is 0. The van der Waals surface area contributed by atoms with Crippen molar-refractivity contribution < 1.29 is 9.13 Å². The summed E-state index contributed by atoms with van der Waals surface area (Å²) in [5.41, 5.74) is 0.937. The van der Waals surface area contributed by atoms with E-state index in [2.05, 4.69) is 5.32 Å². The summed E-state index contributed by atoms with van der Waals surface area (Å²) in [6, 6.07) is 16.9. The third-order valence-corrected chi connectivity index (χ3v) is 4.83. The summed E-state index contributed by atoms with van der Waals surface area (Å²) in [5.74, 6) is 0.570. The van der Waals surface area contributed by atoms with E-state index in [1.54, 1.807) is 12.1 Å². The fourth-order valence-corrected chi connectivity index (χ4v) is 3.44. The standard InChI is InChI=1S/C19H21ClFNO.ClH/c20-16-8-6-15(7-9-16)19(10-12-22-13-11-19)14-18(21)23-17-4-2-1-3-5-17;/h1-9,18,22H,10-14H2;1H. The summed E-state index contributed by atoms with van der Waals surface area (Å²) in [4.78, 5) is 0. The fourth-order valence-electron chi connectivity index (χ4n) is 3.32. The summed E-state index contributed by atoms with van der Waals surface area (Å²) < 4.78 is 20.1. The zero-order valence-corrected chi connectivity index (χ0v) is 15.0. The smallest absolute Gasteiger partial charge is 0.239 e. The summed E-state index contributed by atoms with van der Waals surface area (Å²) in [5, 5.41) is 4.06. The lowest BCUT2D eigenvalue weighted by molar-refractivity contribution is 0.0290. The SMILES string of the molecule is Cl.FC(CC1(c2ccc(Cl)cc2)CCNCC1)Oc1ccccc1. The van der Waals surface area contributed by atoms with Crippen molar-refractivity contribution in [2.45, 2.75) is 31.0 Å². The largest absolute Gasteiger partial charge is 0.460 e. The molecule has 0 aromatic heterocycles. The van der Waals surface area contributed by atoms with Crippen molar-refractivity contribution >= 4 is 24.0 Å². The van der Waals surface area contributed by atoms with Gasteiger partial charge in [-0.3, -0.25) is 0 Å². The zero-order valence-electron chi connectivity index (χ0n) is 13.4. The number of rotatable bonds is 5. The summed E-state index contributed by atoms with van der Waals surface area (Å²) in [6.07, 6.45) is 0.817. The van der Waals surface area contributed by atoms with Crippen LogP contribution in [0.25, 0.3) is 0 Å². The monoisotopic (exact) mass is 369 g/mol. The topological polar surface area (TPSA) is 21.3 Å². The van der Waals surface area contributed by atoms with E-state index in [1.165, 1.54) is 0 Å². The van der Waals surface area contributed by atoms with Gasteiger partial charge in [-0.1, -0.05) is 41.9 Å². The molecule has 0 spiro atoms. The summed E-state index contributed by atoms with van der Waals surface area (Å²) >= 11 is 6.00. The Morgan fingerprint density at radius 3 is 2.29 bits per heavy atom. The molecule has 0 amide bonds. The Morgan fingerprint density at radius 1 is 1.04 bits per heavy atom. The molecule has 3 rings (SSSR count). The first-order chi connectivity index (χ1) is 11.2. The molecular formula is C19H22Cl2FNO. The Labute approximate surface area is 153 Å². The maximum Gasteiger partial charge on any atom is 0.239 e. The molecular weight excluding hydrogens is 348 g/mol. The van der Waals surface area contributed by atoms with E-state index in [4.69, 9.17) is 16.3 Å². The summed E-state index contributed by atoms with van der Waals surface area (Å²) in [6.45, 7) is 1.78. The number of para-hydroxylation sites is 1. The second kappa shape index (κ2) is 8.70. The quantitative estimate of drug-likeness (QED) is 0.786. The molecule has 130 valence electrons. The lowest BCUT2D eigenvalue weighted by atomic mass is 9.71. The molecule has 1 atom stereocenters. The van der Waals surface area contributed by atoms with E-state index in [9.17, 15) is 4.39 Å². The van der Waals surface area contributed by atoms with Gasteiger partial charge in [0.2, 0.25) is 6.36 Å². The van der Waals surface area contributed by atoms with Gasteiger partial charge in [0.15, 0.2) is 0 Å². The van der Waals surface area contributed by atoms with Crippen LogP contribution in [0.5, 0.6) is 5.75 Å². The van der Waals surface area contributed by atoms with Crippen LogP contribution in [-0.4, -0.2) is 19.4 Å². The van der Waals surface area contributed by atoms with Crippen LogP contribution in [-0.2, 0) is 5.41 Å². The van der Waals surface area contributed by atoms with Gasteiger partial charge in [0.25, 0.3) is 0 Å². The molecule has 5 heteroatoms. The first kappa shape index (κ1) is 19.0. The van der Waals surface area contributed by atoms with Gasteiger partial charge in [-0.2, -0.15) is 0 Å². The number of hydrogen-bond donors (Lipinski definition) is 1. The molecule has 0 radical (unpaired) electrons. The molecule has 1 fully saturated rings. The van der Waals surface area contributed by atoms with E-state index >= 15 is 0 Å². The number of piperidine rings is 1. The number of halogens is 3. The van der Waals surface area contributed by atoms with Crippen LogP contribution in [0.1, 0.15) is 24.8 Å². The van der Waals surface area contributed by atoms with Crippen LogP contribution in [0.15, 0.2) is 54.6 Å². The van der Waals surface area contributed by atoms with Gasteiger partial charge < -0.3 is 10.1 Å². The number of ether oxygens (including phenoxy) is 1. The molecule has 2 aromatic rings.